The summed E-state index contributed by atoms with van der Waals surface area (Å²) in [6.07, 6.45) is 0.825. The largest absolute Gasteiger partial charge is 0.322 e. The third-order valence-electron chi connectivity index (χ3n) is 5.87. The van der Waals surface area contributed by atoms with Crippen LogP contribution < -0.4 is 5.32 Å². The molecule has 0 atom stereocenters. The summed E-state index contributed by atoms with van der Waals surface area (Å²) in [6, 6.07) is 18.7. The first-order valence-electron chi connectivity index (χ1n) is 11.0. The van der Waals surface area contributed by atoms with Crippen LogP contribution in [0.1, 0.15) is 23.6 Å². The number of nitrogens with one attached hydrogen (secondary N) is 1. The molecular weight excluding hydrogens is 427 g/mol. The second-order valence-electron chi connectivity index (χ2n) is 8.20. The Morgan fingerprint density at radius 2 is 1.39 bits per heavy atom. The molecule has 172 valence electrons. The van der Waals surface area contributed by atoms with Gasteiger partial charge in [-0.15, -0.1) is 0 Å². The van der Waals surface area contributed by atoms with Gasteiger partial charge in [-0.1, -0.05) is 36.4 Å². The third-order valence-corrected chi connectivity index (χ3v) is 5.87. The standard InChI is InChI=1S/C26H26F3N3O/c27-21-10-6-19(7-11-21)26(20-8-12-22(28)13-9-20)32-15-3-14-31(16-17-32)18-25(33)30-24-5-2-1-4-23(24)29/h1-2,4-13,26H,3,14-18H2,(H,30,33). The Bertz CT molecular complexity index is 1030. The maximum absolute atomic E-state index is 13.8. The van der Waals surface area contributed by atoms with Gasteiger partial charge in [-0.05, 0) is 60.5 Å². The minimum atomic E-state index is -0.464. The third kappa shape index (κ3) is 6.00. The average Bonchev–Trinajstić information content (AvgIpc) is 3.03. The summed E-state index contributed by atoms with van der Waals surface area (Å²) in [5.41, 5.74) is 2.02. The van der Waals surface area contributed by atoms with Crippen molar-refractivity contribution in [1.82, 2.24) is 9.80 Å². The molecule has 1 aliphatic heterocycles. The lowest BCUT2D eigenvalue weighted by atomic mass is 9.96. The number of benzene rings is 3. The van der Waals surface area contributed by atoms with Gasteiger partial charge >= 0.3 is 0 Å². The van der Waals surface area contributed by atoms with Crippen LogP contribution in [0.15, 0.2) is 72.8 Å². The van der Waals surface area contributed by atoms with E-state index in [0.717, 1.165) is 30.6 Å². The van der Waals surface area contributed by atoms with Gasteiger partial charge in [0, 0.05) is 19.6 Å². The van der Waals surface area contributed by atoms with E-state index >= 15 is 0 Å². The van der Waals surface area contributed by atoms with Crippen molar-refractivity contribution in [2.24, 2.45) is 0 Å². The van der Waals surface area contributed by atoms with Gasteiger partial charge < -0.3 is 5.32 Å². The lowest BCUT2D eigenvalue weighted by molar-refractivity contribution is -0.117. The molecule has 7 heteroatoms. The molecule has 1 amide bonds. The van der Waals surface area contributed by atoms with Crippen LogP contribution in [0.3, 0.4) is 0 Å². The lowest BCUT2D eigenvalue weighted by Crippen LogP contribution is -2.37. The number of hydrogen-bond donors (Lipinski definition) is 1. The van der Waals surface area contributed by atoms with Crippen molar-refractivity contribution in [3.63, 3.8) is 0 Å². The summed E-state index contributed by atoms with van der Waals surface area (Å²) < 4.78 is 40.9. The zero-order valence-electron chi connectivity index (χ0n) is 18.2. The lowest BCUT2D eigenvalue weighted by Gasteiger charge is -2.31. The van der Waals surface area contributed by atoms with E-state index in [1.807, 2.05) is 4.90 Å². The van der Waals surface area contributed by atoms with Crippen molar-refractivity contribution >= 4 is 11.6 Å². The number of para-hydroxylation sites is 1. The van der Waals surface area contributed by atoms with Gasteiger partial charge in [-0.25, -0.2) is 13.2 Å². The highest BCUT2D eigenvalue weighted by Gasteiger charge is 2.26. The number of amides is 1. The minimum Gasteiger partial charge on any atom is -0.322 e. The molecule has 1 heterocycles. The van der Waals surface area contributed by atoms with Crippen LogP contribution in [0.5, 0.6) is 0 Å². The predicted octanol–water partition coefficient (Wildman–Crippen LogP) is 4.84. The Morgan fingerprint density at radius 1 is 0.788 bits per heavy atom. The first-order valence-corrected chi connectivity index (χ1v) is 11.0. The van der Waals surface area contributed by atoms with Crippen LogP contribution in [0.4, 0.5) is 18.9 Å². The zero-order valence-corrected chi connectivity index (χ0v) is 18.2. The molecule has 1 saturated heterocycles. The molecule has 3 aromatic carbocycles. The quantitative estimate of drug-likeness (QED) is 0.580. The van der Waals surface area contributed by atoms with Crippen molar-refractivity contribution in [2.75, 3.05) is 38.0 Å². The molecule has 0 radical (unpaired) electrons. The first kappa shape index (κ1) is 23.0. The monoisotopic (exact) mass is 453 g/mol. The van der Waals surface area contributed by atoms with Gasteiger partial charge in [0.05, 0.1) is 18.3 Å². The van der Waals surface area contributed by atoms with E-state index in [2.05, 4.69) is 10.2 Å². The highest BCUT2D eigenvalue weighted by Crippen LogP contribution is 2.30. The number of carbonyl (C=O) groups is 1. The van der Waals surface area contributed by atoms with E-state index in [0.29, 0.717) is 13.1 Å². The summed E-state index contributed by atoms with van der Waals surface area (Å²) in [5.74, 6) is -1.34. The fourth-order valence-electron chi connectivity index (χ4n) is 4.27. The van der Waals surface area contributed by atoms with Crippen molar-refractivity contribution in [3.8, 4) is 0 Å². The van der Waals surface area contributed by atoms with Crippen LogP contribution in [0.2, 0.25) is 0 Å². The van der Waals surface area contributed by atoms with Gasteiger partial charge in [0.1, 0.15) is 17.5 Å². The number of anilines is 1. The number of carbonyl (C=O) groups excluding carboxylic acids is 1. The summed E-state index contributed by atoms with van der Waals surface area (Å²) >= 11 is 0. The molecule has 4 nitrogen and oxygen atoms in total. The highest BCUT2D eigenvalue weighted by molar-refractivity contribution is 5.92. The molecule has 0 aromatic heterocycles. The van der Waals surface area contributed by atoms with Crippen molar-refractivity contribution in [2.45, 2.75) is 12.5 Å². The molecular formula is C26H26F3N3O. The van der Waals surface area contributed by atoms with Gasteiger partial charge in [0.15, 0.2) is 0 Å². The highest BCUT2D eigenvalue weighted by atomic mass is 19.1. The summed E-state index contributed by atoms with van der Waals surface area (Å²) in [7, 11) is 0. The predicted molar refractivity (Wildman–Crippen MR) is 122 cm³/mol. The molecule has 0 spiro atoms. The summed E-state index contributed by atoms with van der Waals surface area (Å²) in [4.78, 5) is 16.8. The average molecular weight is 454 g/mol. The first-order chi connectivity index (χ1) is 16.0. The van der Waals surface area contributed by atoms with E-state index in [1.54, 1.807) is 36.4 Å². The Balaban J connectivity index is 1.45. The molecule has 0 bridgehead atoms. The number of hydrogen-bond acceptors (Lipinski definition) is 3. The van der Waals surface area contributed by atoms with Gasteiger partial charge in [-0.2, -0.15) is 0 Å². The van der Waals surface area contributed by atoms with Gasteiger partial charge in [-0.3, -0.25) is 14.6 Å². The minimum absolute atomic E-state index is 0.154. The molecule has 0 saturated carbocycles. The molecule has 1 N–H and O–H groups in total. The second kappa shape index (κ2) is 10.6. The molecule has 3 aromatic rings. The number of halogens is 3. The second-order valence-corrected chi connectivity index (χ2v) is 8.20. The van der Waals surface area contributed by atoms with Crippen molar-refractivity contribution in [3.05, 3.63) is 101 Å². The molecule has 4 rings (SSSR count). The summed E-state index contributed by atoms with van der Waals surface area (Å²) in [5, 5.41) is 2.63. The number of rotatable bonds is 6. The summed E-state index contributed by atoms with van der Waals surface area (Å²) in [6.45, 7) is 2.97. The SMILES string of the molecule is O=C(CN1CCCN(C(c2ccc(F)cc2)c2ccc(F)cc2)CC1)Nc1ccccc1F. The van der Waals surface area contributed by atoms with Crippen molar-refractivity contribution < 1.29 is 18.0 Å². The van der Waals surface area contributed by atoms with E-state index < -0.39 is 5.82 Å². The Hall–Kier alpha value is -3.16. The molecule has 1 aliphatic rings. The van der Waals surface area contributed by atoms with Crippen molar-refractivity contribution in [1.29, 1.82) is 0 Å². The fraction of sp³-hybridized carbons (Fsp3) is 0.269. The molecule has 1 fully saturated rings. The maximum Gasteiger partial charge on any atom is 0.238 e. The Morgan fingerprint density at radius 3 is 2.00 bits per heavy atom. The number of nitrogens with zero attached hydrogens (tertiary/aromatic N) is 2. The smallest absolute Gasteiger partial charge is 0.238 e. The van der Waals surface area contributed by atoms with Crippen LogP contribution in [0.25, 0.3) is 0 Å². The van der Waals surface area contributed by atoms with E-state index in [4.69, 9.17) is 0 Å². The Kier molecular flexibility index (Phi) is 7.42. The molecule has 0 unspecified atom stereocenters. The van der Waals surface area contributed by atoms with E-state index in [9.17, 15) is 18.0 Å². The van der Waals surface area contributed by atoms with Crippen LogP contribution in [-0.4, -0.2) is 48.4 Å². The topological polar surface area (TPSA) is 35.6 Å². The van der Waals surface area contributed by atoms with Gasteiger partial charge in [0.25, 0.3) is 0 Å². The molecule has 0 aliphatic carbocycles. The van der Waals surface area contributed by atoms with Crippen LogP contribution >= 0.6 is 0 Å². The van der Waals surface area contributed by atoms with E-state index in [-0.39, 0.29) is 35.8 Å². The zero-order chi connectivity index (χ0) is 23.2. The van der Waals surface area contributed by atoms with Gasteiger partial charge in [0.2, 0.25) is 5.91 Å². The fourth-order valence-corrected chi connectivity index (χ4v) is 4.27. The maximum atomic E-state index is 13.8. The van der Waals surface area contributed by atoms with Crippen LogP contribution in [0, 0.1) is 17.5 Å². The normalized spacial score (nSPS) is 15.4. The van der Waals surface area contributed by atoms with E-state index in [1.165, 1.54) is 36.4 Å². The molecule has 33 heavy (non-hydrogen) atoms. The van der Waals surface area contributed by atoms with Crippen LogP contribution in [-0.2, 0) is 4.79 Å². The Labute approximate surface area is 191 Å².